The van der Waals surface area contributed by atoms with E-state index in [2.05, 4.69) is 5.32 Å². The minimum Gasteiger partial charge on any atom is -0.449 e. The molecule has 0 saturated heterocycles. The van der Waals surface area contributed by atoms with Crippen LogP contribution in [-0.4, -0.2) is 49.7 Å². The number of anilines is 1. The minimum absolute atomic E-state index is 0.00386. The van der Waals surface area contributed by atoms with Crippen molar-refractivity contribution in [1.82, 2.24) is 4.31 Å². The van der Waals surface area contributed by atoms with Crippen LogP contribution < -0.4 is 5.32 Å². The Labute approximate surface area is 167 Å². The zero-order valence-electron chi connectivity index (χ0n) is 15.9. The summed E-state index contributed by atoms with van der Waals surface area (Å²) in [6, 6.07) is 10.4. The van der Waals surface area contributed by atoms with Crippen LogP contribution in [0.2, 0.25) is 0 Å². The third kappa shape index (κ3) is 5.36. The Balaban J connectivity index is 2.05. The molecule has 0 radical (unpaired) electrons. The molecule has 0 bridgehead atoms. The van der Waals surface area contributed by atoms with Crippen molar-refractivity contribution in [2.75, 3.05) is 19.4 Å². The van der Waals surface area contributed by atoms with Crippen molar-refractivity contribution < 1.29 is 27.7 Å². The second-order valence-electron chi connectivity index (χ2n) is 6.16. The number of carbonyl (C=O) groups excluding carboxylic acids is 2. The van der Waals surface area contributed by atoms with E-state index >= 15 is 0 Å². The van der Waals surface area contributed by atoms with Crippen LogP contribution >= 0.6 is 0 Å². The van der Waals surface area contributed by atoms with Crippen molar-refractivity contribution in [2.45, 2.75) is 17.9 Å². The van der Waals surface area contributed by atoms with Crippen LogP contribution in [0.4, 0.5) is 11.4 Å². The Morgan fingerprint density at radius 3 is 2.31 bits per heavy atom. The van der Waals surface area contributed by atoms with Crippen molar-refractivity contribution in [3.05, 3.63) is 64.2 Å². The van der Waals surface area contributed by atoms with Gasteiger partial charge in [-0.05, 0) is 37.3 Å². The number of amides is 1. The summed E-state index contributed by atoms with van der Waals surface area (Å²) < 4.78 is 30.5. The quantitative estimate of drug-likeness (QED) is 0.410. The number of rotatable bonds is 7. The summed E-state index contributed by atoms with van der Waals surface area (Å²) in [7, 11) is -0.893. The van der Waals surface area contributed by atoms with Crippen LogP contribution in [0.15, 0.2) is 53.4 Å². The minimum atomic E-state index is -3.67. The standard InChI is InChI=1S/C18H19N3O7S/c1-12(28-18(23)13-7-9-15(10-8-13)21(24)25)17(22)19-14-5-4-6-16(11-14)29(26,27)20(2)3/h4-12H,1-3H3,(H,19,22). The van der Waals surface area contributed by atoms with E-state index in [1.165, 1.54) is 57.4 Å². The third-order valence-corrected chi connectivity index (χ3v) is 5.66. The molecule has 0 aliphatic carbocycles. The molecule has 10 nitrogen and oxygen atoms in total. The van der Waals surface area contributed by atoms with Crippen molar-refractivity contribution in [3.8, 4) is 0 Å². The van der Waals surface area contributed by atoms with Crippen molar-refractivity contribution in [1.29, 1.82) is 0 Å². The number of nitro groups is 1. The van der Waals surface area contributed by atoms with Crippen molar-refractivity contribution in [3.63, 3.8) is 0 Å². The summed E-state index contributed by atoms with van der Waals surface area (Å²) in [4.78, 5) is 34.4. The first kappa shape index (κ1) is 22.0. The molecular formula is C18H19N3O7S. The number of benzene rings is 2. The molecule has 0 aromatic heterocycles. The van der Waals surface area contributed by atoms with E-state index in [0.29, 0.717) is 0 Å². The summed E-state index contributed by atoms with van der Waals surface area (Å²) in [6.07, 6.45) is -1.19. The van der Waals surface area contributed by atoms with Gasteiger partial charge in [0.25, 0.3) is 11.6 Å². The molecule has 0 spiro atoms. The van der Waals surface area contributed by atoms with Gasteiger partial charge in [0.05, 0.1) is 15.4 Å². The van der Waals surface area contributed by atoms with Crippen LogP contribution in [-0.2, 0) is 19.6 Å². The molecule has 0 aliphatic rings. The molecule has 154 valence electrons. The van der Waals surface area contributed by atoms with Gasteiger partial charge >= 0.3 is 5.97 Å². The normalized spacial score (nSPS) is 12.3. The number of sulfonamides is 1. The number of carbonyl (C=O) groups is 2. The highest BCUT2D eigenvalue weighted by Gasteiger charge is 2.21. The summed E-state index contributed by atoms with van der Waals surface area (Å²) >= 11 is 0. The van der Waals surface area contributed by atoms with Crippen LogP contribution in [0.25, 0.3) is 0 Å². The lowest BCUT2D eigenvalue weighted by molar-refractivity contribution is -0.384. The van der Waals surface area contributed by atoms with Gasteiger partial charge in [-0.1, -0.05) is 6.07 Å². The van der Waals surface area contributed by atoms with E-state index < -0.39 is 32.9 Å². The monoisotopic (exact) mass is 421 g/mol. The first-order valence-corrected chi connectivity index (χ1v) is 9.75. The Morgan fingerprint density at radius 2 is 1.76 bits per heavy atom. The van der Waals surface area contributed by atoms with Gasteiger partial charge in [-0.25, -0.2) is 17.5 Å². The number of non-ortho nitro benzene ring substituents is 1. The fourth-order valence-corrected chi connectivity index (χ4v) is 3.14. The second kappa shape index (κ2) is 8.80. The average Bonchev–Trinajstić information content (AvgIpc) is 2.67. The zero-order valence-corrected chi connectivity index (χ0v) is 16.7. The molecule has 0 fully saturated rings. The number of esters is 1. The van der Waals surface area contributed by atoms with Gasteiger partial charge in [0.2, 0.25) is 10.0 Å². The van der Waals surface area contributed by atoms with E-state index in [4.69, 9.17) is 4.74 Å². The summed E-state index contributed by atoms with van der Waals surface area (Å²) in [6.45, 7) is 1.35. The predicted octanol–water partition coefficient (Wildman–Crippen LogP) is 2.03. The Hall–Kier alpha value is -3.31. The fraction of sp³-hybridized carbons (Fsp3) is 0.222. The van der Waals surface area contributed by atoms with E-state index in [1.807, 2.05) is 0 Å². The van der Waals surface area contributed by atoms with E-state index in [1.54, 1.807) is 0 Å². The maximum Gasteiger partial charge on any atom is 0.338 e. The summed E-state index contributed by atoms with van der Waals surface area (Å²) in [5.74, 6) is -1.49. The molecule has 29 heavy (non-hydrogen) atoms. The zero-order chi connectivity index (χ0) is 21.8. The molecule has 2 rings (SSSR count). The lowest BCUT2D eigenvalue weighted by atomic mass is 10.2. The Bertz CT molecular complexity index is 1030. The summed E-state index contributed by atoms with van der Waals surface area (Å²) in [5, 5.41) is 13.1. The largest absolute Gasteiger partial charge is 0.449 e. The first-order valence-electron chi connectivity index (χ1n) is 8.31. The van der Waals surface area contributed by atoms with Gasteiger partial charge in [-0.3, -0.25) is 14.9 Å². The van der Waals surface area contributed by atoms with Crippen LogP contribution in [0.5, 0.6) is 0 Å². The molecule has 2 aromatic rings. The lowest BCUT2D eigenvalue weighted by Gasteiger charge is -2.15. The molecule has 1 N–H and O–H groups in total. The first-order chi connectivity index (χ1) is 13.5. The third-order valence-electron chi connectivity index (χ3n) is 3.85. The number of ether oxygens (including phenoxy) is 1. The Morgan fingerprint density at radius 1 is 1.14 bits per heavy atom. The highest BCUT2D eigenvalue weighted by Crippen LogP contribution is 2.19. The predicted molar refractivity (Wildman–Crippen MR) is 104 cm³/mol. The fourth-order valence-electron chi connectivity index (χ4n) is 2.19. The number of hydrogen-bond acceptors (Lipinski definition) is 7. The van der Waals surface area contributed by atoms with E-state index in [-0.39, 0.29) is 21.8 Å². The molecule has 1 atom stereocenters. The number of hydrogen-bond donors (Lipinski definition) is 1. The maximum atomic E-state index is 12.3. The highest BCUT2D eigenvalue weighted by atomic mass is 32.2. The Kier molecular flexibility index (Phi) is 6.67. The highest BCUT2D eigenvalue weighted by molar-refractivity contribution is 7.89. The topological polar surface area (TPSA) is 136 Å². The SMILES string of the molecule is CC(OC(=O)c1ccc([N+](=O)[O-])cc1)C(=O)Nc1cccc(S(=O)(=O)N(C)C)c1. The molecule has 0 aliphatic heterocycles. The van der Waals surface area contributed by atoms with E-state index in [0.717, 1.165) is 16.4 Å². The lowest BCUT2D eigenvalue weighted by Crippen LogP contribution is -2.30. The second-order valence-corrected chi connectivity index (χ2v) is 8.31. The van der Waals surface area contributed by atoms with Gasteiger partial charge in [0.15, 0.2) is 6.10 Å². The number of nitrogens with zero attached hydrogens (tertiary/aromatic N) is 2. The average molecular weight is 421 g/mol. The van der Waals surface area contributed by atoms with Gasteiger partial charge < -0.3 is 10.1 Å². The van der Waals surface area contributed by atoms with Gasteiger partial charge in [-0.15, -0.1) is 0 Å². The number of nitrogens with one attached hydrogen (secondary N) is 1. The van der Waals surface area contributed by atoms with Crippen molar-refractivity contribution >= 4 is 33.3 Å². The smallest absolute Gasteiger partial charge is 0.338 e. The van der Waals surface area contributed by atoms with Gasteiger partial charge in [0.1, 0.15) is 0 Å². The summed E-state index contributed by atoms with van der Waals surface area (Å²) in [5.41, 5.74) is 0.0883. The van der Waals surface area contributed by atoms with Crippen LogP contribution in [0.3, 0.4) is 0 Å². The maximum absolute atomic E-state index is 12.3. The van der Waals surface area contributed by atoms with Gasteiger partial charge in [-0.2, -0.15) is 0 Å². The molecule has 1 unspecified atom stereocenters. The van der Waals surface area contributed by atoms with E-state index in [9.17, 15) is 28.1 Å². The number of nitro benzene ring substituents is 1. The van der Waals surface area contributed by atoms with Crippen LogP contribution in [0.1, 0.15) is 17.3 Å². The van der Waals surface area contributed by atoms with Crippen LogP contribution in [0, 0.1) is 10.1 Å². The molecule has 2 aromatic carbocycles. The molecular weight excluding hydrogens is 402 g/mol. The van der Waals surface area contributed by atoms with Gasteiger partial charge in [0, 0.05) is 31.9 Å². The van der Waals surface area contributed by atoms with Crippen molar-refractivity contribution in [2.24, 2.45) is 0 Å². The molecule has 1 amide bonds. The molecule has 11 heteroatoms. The molecule has 0 heterocycles. The molecule has 0 saturated carbocycles.